The number of nitrogens with zero attached hydrogens (tertiary/aromatic N) is 2. The van der Waals surface area contributed by atoms with E-state index in [4.69, 9.17) is 0 Å². The Labute approximate surface area is 141 Å². The second-order valence-corrected chi connectivity index (χ2v) is 6.91. The molecule has 1 saturated heterocycles. The average molecular weight is 332 g/mol. The van der Waals surface area contributed by atoms with Gasteiger partial charge in [0.15, 0.2) is 0 Å². The molecule has 0 radical (unpaired) electrons. The fourth-order valence-corrected chi connectivity index (χ4v) is 3.89. The molecule has 0 bridgehead atoms. The van der Waals surface area contributed by atoms with Crippen LogP contribution in [0.2, 0.25) is 0 Å². The van der Waals surface area contributed by atoms with E-state index in [2.05, 4.69) is 26.6 Å². The third-order valence-electron chi connectivity index (χ3n) is 4.50. The van der Waals surface area contributed by atoms with Crippen LogP contribution in [-0.4, -0.2) is 52.3 Å². The third kappa shape index (κ3) is 4.32. The minimum atomic E-state index is 0.217. The lowest BCUT2D eigenvalue weighted by Crippen LogP contribution is -2.52. The smallest absolute Gasteiger partial charge is 0.120 e. The molecule has 3 rings (SSSR count). The highest BCUT2D eigenvalue weighted by atomic mass is 32.1. The van der Waals surface area contributed by atoms with Crippen LogP contribution in [0.1, 0.15) is 17.5 Å². The first-order valence-corrected chi connectivity index (χ1v) is 9.06. The maximum Gasteiger partial charge on any atom is 0.120 e. The maximum absolute atomic E-state index is 9.96. The van der Waals surface area contributed by atoms with Gasteiger partial charge in [0.1, 0.15) is 5.75 Å². The van der Waals surface area contributed by atoms with Gasteiger partial charge in [-0.25, -0.2) is 0 Å². The van der Waals surface area contributed by atoms with Crippen LogP contribution in [-0.2, 0) is 13.1 Å². The number of para-hydroxylation sites is 1. The van der Waals surface area contributed by atoms with Crippen LogP contribution < -0.4 is 0 Å². The predicted octanol–water partition coefficient (Wildman–Crippen LogP) is 2.52. The number of phenols is 1. The second kappa shape index (κ2) is 7.93. The van der Waals surface area contributed by atoms with Crippen LogP contribution in [0.25, 0.3) is 0 Å². The molecule has 2 heterocycles. The van der Waals surface area contributed by atoms with Gasteiger partial charge in [-0.3, -0.25) is 9.80 Å². The summed E-state index contributed by atoms with van der Waals surface area (Å²) in [4.78, 5) is 4.85. The lowest BCUT2D eigenvalue weighted by atomic mass is 10.1. The summed E-state index contributed by atoms with van der Waals surface area (Å²) < 4.78 is 0. The first-order valence-electron chi connectivity index (χ1n) is 8.11. The number of hydrogen-bond donors (Lipinski definition) is 2. The fraction of sp³-hybridized carbons (Fsp3) is 0.444. The Morgan fingerprint density at radius 1 is 1.13 bits per heavy atom. The number of aliphatic hydroxyl groups is 1. The van der Waals surface area contributed by atoms with Crippen molar-refractivity contribution < 1.29 is 10.2 Å². The minimum absolute atomic E-state index is 0.217. The molecular formula is C18H24N2O2S. The van der Waals surface area contributed by atoms with Crippen molar-refractivity contribution in [2.75, 3.05) is 26.2 Å². The topological polar surface area (TPSA) is 46.9 Å². The average Bonchev–Trinajstić information content (AvgIpc) is 3.05. The highest BCUT2D eigenvalue weighted by molar-refractivity contribution is 7.07. The lowest BCUT2D eigenvalue weighted by Gasteiger charge is -2.41. The van der Waals surface area contributed by atoms with Crippen molar-refractivity contribution in [2.24, 2.45) is 0 Å². The zero-order valence-electron chi connectivity index (χ0n) is 13.3. The number of aliphatic hydroxyl groups excluding tert-OH is 1. The Morgan fingerprint density at radius 3 is 2.74 bits per heavy atom. The molecule has 23 heavy (non-hydrogen) atoms. The fourth-order valence-electron chi connectivity index (χ4n) is 3.23. The van der Waals surface area contributed by atoms with Gasteiger partial charge in [0.2, 0.25) is 0 Å². The molecule has 1 atom stereocenters. The SMILES string of the molecule is OCCC1CN(Cc2ccccc2O)CCN1Cc1ccsc1. The molecule has 1 unspecified atom stereocenters. The first-order chi connectivity index (χ1) is 11.3. The predicted molar refractivity (Wildman–Crippen MR) is 93.6 cm³/mol. The maximum atomic E-state index is 9.96. The molecule has 1 aromatic carbocycles. The second-order valence-electron chi connectivity index (χ2n) is 6.13. The molecule has 124 valence electrons. The molecule has 2 N–H and O–H groups in total. The standard InChI is InChI=1S/C18H24N2O2S/c21-9-5-17-13-19(12-16-3-1-2-4-18(16)22)7-8-20(17)11-15-6-10-23-14-15/h1-4,6,10,14,17,21-22H,5,7-9,11-13H2. The van der Waals surface area contributed by atoms with E-state index in [1.54, 1.807) is 17.4 Å². The summed E-state index contributed by atoms with van der Waals surface area (Å²) in [5.41, 5.74) is 2.33. The van der Waals surface area contributed by atoms with E-state index in [-0.39, 0.29) is 6.61 Å². The van der Waals surface area contributed by atoms with Gasteiger partial charge in [-0.1, -0.05) is 18.2 Å². The van der Waals surface area contributed by atoms with Crippen molar-refractivity contribution in [3.63, 3.8) is 0 Å². The van der Waals surface area contributed by atoms with Crippen molar-refractivity contribution in [1.29, 1.82) is 0 Å². The molecule has 1 aromatic heterocycles. The quantitative estimate of drug-likeness (QED) is 0.853. The zero-order chi connectivity index (χ0) is 16.1. The highest BCUT2D eigenvalue weighted by Crippen LogP contribution is 2.22. The summed E-state index contributed by atoms with van der Waals surface area (Å²) in [6, 6.07) is 10.1. The normalized spacial score (nSPS) is 20.0. The Kier molecular flexibility index (Phi) is 5.67. The Morgan fingerprint density at radius 2 is 2.00 bits per heavy atom. The number of piperazine rings is 1. The van der Waals surface area contributed by atoms with Gasteiger partial charge < -0.3 is 10.2 Å². The van der Waals surface area contributed by atoms with Crippen LogP contribution >= 0.6 is 11.3 Å². The van der Waals surface area contributed by atoms with E-state index in [1.807, 2.05) is 18.2 Å². The van der Waals surface area contributed by atoms with Gasteiger partial charge in [-0.05, 0) is 34.9 Å². The largest absolute Gasteiger partial charge is 0.508 e. The van der Waals surface area contributed by atoms with Crippen LogP contribution in [0.5, 0.6) is 5.75 Å². The summed E-state index contributed by atoms with van der Waals surface area (Å²) in [6.45, 7) is 4.85. The summed E-state index contributed by atoms with van der Waals surface area (Å²) in [7, 11) is 0. The Balaban J connectivity index is 1.62. The van der Waals surface area contributed by atoms with E-state index in [0.717, 1.165) is 44.7 Å². The van der Waals surface area contributed by atoms with Crippen LogP contribution in [0.15, 0.2) is 41.1 Å². The number of aromatic hydroxyl groups is 1. The lowest BCUT2D eigenvalue weighted by molar-refractivity contribution is 0.0497. The van der Waals surface area contributed by atoms with Crippen molar-refractivity contribution in [3.8, 4) is 5.75 Å². The van der Waals surface area contributed by atoms with Crippen LogP contribution in [0, 0.1) is 0 Å². The van der Waals surface area contributed by atoms with Gasteiger partial charge >= 0.3 is 0 Å². The molecule has 1 fully saturated rings. The molecule has 2 aromatic rings. The summed E-state index contributed by atoms with van der Waals surface area (Å²) in [5, 5.41) is 23.7. The van der Waals surface area contributed by atoms with E-state index >= 15 is 0 Å². The first kappa shape index (κ1) is 16.5. The molecule has 1 aliphatic rings. The third-order valence-corrected chi connectivity index (χ3v) is 5.23. The molecule has 0 saturated carbocycles. The van der Waals surface area contributed by atoms with Crippen molar-refractivity contribution in [3.05, 3.63) is 52.2 Å². The zero-order valence-corrected chi connectivity index (χ0v) is 14.1. The van der Waals surface area contributed by atoms with Gasteiger partial charge in [0, 0.05) is 50.9 Å². The van der Waals surface area contributed by atoms with Gasteiger partial charge in [-0.15, -0.1) is 0 Å². The number of benzene rings is 1. The number of rotatable bonds is 6. The molecule has 0 spiro atoms. The van der Waals surface area contributed by atoms with Crippen LogP contribution in [0.4, 0.5) is 0 Å². The van der Waals surface area contributed by atoms with Gasteiger partial charge in [-0.2, -0.15) is 11.3 Å². The van der Waals surface area contributed by atoms with Crippen molar-refractivity contribution in [1.82, 2.24) is 9.80 Å². The molecule has 0 aliphatic carbocycles. The van der Waals surface area contributed by atoms with E-state index < -0.39 is 0 Å². The Hall–Kier alpha value is -1.40. The molecule has 0 amide bonds. The number of phenolic OH excluding ortho intramolecular Hbond substituents is 1. The monoisotopic (exact) mass is 332 g/mol. The van der Waals surface area contributed by atoms with Gasteiger partial charge in [0.25, 0.3) is 0 Å². The van der Waals surface area contributed by atoms with Crippen LogP contribution in [0.3, 0.4) is 0 Å². The van der Waals surface area contributed by atoms with Crippen molar-refractivity contribution in [2.45, 2.75) is 25.6 Å². The minimum Gasteiger partial charge on any atom is -0.508 e. The summed E-state index contributed by atoms with van der Waals surface area (Å²) in [6.07, 6.45) is 0.793. The Bertz CT molecular complexity index is 603. The van der Waals surface area contributed by atoms with E-state index in [9.17, 15) is 10.2 Å². The van der Waals surface area contributed by atoms with E-state index in [1.165, 1.54) is 5.56 Å². The van der Waals surface area contributed by atoms with Crippen molar-refractivity contribution >= 4 is 11.3 Å². The van der Waals surface area contributed by atoms with E-state index in [0.29, 0.717) is 11.8 Å². The molecule has 1 aliphatic heterocycles. The highest BCUT2D eigenvalue weighted by Gasteiger charge is 2.27. The molecule has 4 nitrogen and oxygen atoms in total. The molecule has 5 heteroatoms. The molecular weight excluding hydrogens is 308 g/mol. The number of hydrogen-bond acceptors (Lipinski definition) is 5. The van der Waals surface area contributed by atoms with Gasteiger partial charge in [0.05, 0.1) is 0 Å². The summed E-state index contributed by atoms with van der Waals surface area (Å²) in [5.74, 6) is 0.368. The number of thiophene rings is 1. The summed E-state index contributed by atoms with van der Waals surface area (Å²) >= 11 is 1.73.